The number of hydrogen-bond acceptors (Lipinski definition) is 4. The van der Waals surface area contributed by atoms with Crippen LogP contribution in [0.4, 0.5) is 0 Å². The maximum atomic E-state index is 9.51. The molecule has 19 heavy (non-hydrogen) atoms. The molecule has 0 bridgehead atoms. The van der Waals surface area contributed by atoms with E-state index in [0.717, 1.165) is 6.42 Å². The van der Waals surface area contributed by atoms with Gasteiger partial charge in [0.2, 0.25) is 0 Å². The zero-order valence-corrected chi connectivity index (χ0v) is 18.3. The Kier molecular flexibility index (Phi) is 7.38. The van der Waals surface area contributed by atoms with Crippen molar-refractivity contribution in [2.45, 2.75) is 71.3 Å². The summed E-state index contributed by atoms with van der Waals surface area (Å²) in [5.41, 5.74) is 0. The quantitative estimate of drug-likeness (QED) is 0.690. The van der Waals surface area contributed by atoms with Crippen molar-refractivity contribution in [2.75, 3.05) is 0 Å². The van der Waals surface area contributed by atoms with Gasteiger partial charge in [-0.25, -0.2) is 0 Å². The van der Waals surface area contributed by atoms with Gasteiger partial charge >= 0.3 is 17.8 Å². The first-order valence-corrected chi connectivity index (χ1v) is 17.6. The summed E-state index contributed by atoms with van der Waals surface area (Å²) >= 11 is 0. The van der Waals surface area contributed by atoms with Gasteiger partial charge in [-0.3, -0.25) is 0 Å². The van der Waals surface area contributed by atoms with Crippen LogP contribution in [0.5, 0.6) is 0 Å². The summed E-state index contributed by atoms with van der Waals surface area (Å²) in [4.78, 5) is 9.51. The Morgan fingerprint density at radius 3 is 1.84 bits per heavy atom. The van der Waals surface area contributed by atoms with Crippen molar-refractivity contribution >= 4 is 35.2 Å². The molecule has 0 heterocycles. The SMILES string of the molecule is CCC(C)(O[Si](C)(C)C)[SiH](C)O[Si](C)(C)O[SiH](C)O. The molecule has 0 aromatic heterocycles. The van der Waals surface area contributed by atoms with Crippen LogP contribution in [0.2, 0.25) is 45.8 Å². The molecular weight excluding hydrogens is 308 g/mol. The van der Waals surface area contributed by atoms with Crippen molar-refractivity contribution in [1.82, 2.24) is 0 Å². The van der Waals surface area contributed by atoms with Crippen LogP contribution >= 0.6 is 0 Å². The summed E-state index contributed by atoms with van der Waals surface area (Å²) in [5, 5.41) is -0.154. The van der Waals surface area contributed by atoms with E-state index >= 15 is 0 Å². The molecule has 0 aromatic carbocycles. The third-order valence-corrected chi connectivity index (χ3v) is 13.9. The van der Waals surface area contributed by atoms with E-state index in [9.17, 15) is 4.80 Å². The molecule has 0 aliphatic rings. The van der Waals surface area contributed by atoms with Crippen LogP contribution < -0.4 is 0 Å². The molecule has 0 aliphatic heterocycles. The van der Waals surface area contributed by atoms with E-state index in [1.54, 1.807) is 6.55 Å². The maximum absolute atomic E-state index is 9.51. The normalized spacial score (nSPS) is 19.9. The Morgan fingerprint density at radius 1 is 1.05 bits per heavy atom. The molecule has 0 aliphatic carbocycles. The average Bonchev–Trinajstić information content (AvgIpc) is 2.11. The first kappa shape index (κ1) is 19.7. The number of hydrogen-bond donors (Lipinski definition) is 1. The molecule has 1 N–H and O–H groups in total. The smallest absolute Gasteiger partial charge is 0.312 e. The molecule has 0 saturated carbocycles. The fourth-order valence-electron chi connectivity index (χ4n) is 2.13. The van der Waals surface area contributed by atoms with Gasteiger partial charge in [0.15, 0.2) is 17.4 Å². The van der Waals surface area contributed by atoms with Gasteiger partial charge in [0.1, 0.15) is 0 Å². The molecule has 8 heteroatoms. The Bertz CT molecular complexity index is 280. The van der Waals surface area contributed by atoms with Crippen molar-refractivity contribution in [3.63, 3.8) is 0 Å². The minimum atomic E-state index is -2.22. The first-order valence-electron chi connectivity index (χ1n) is 7.05. The van der Waals surface area contributed by atoms with Crippen LogP contribution in [0.1, 0.15) is 20.3 Å². The highest BCUT2D eigenvalue weighted by Crippen LogP contribution is 2.27. The lowest BCUT2D eigenvalue weighted by Crippen LogP contribution is -2.56. The van der Waals surface area contributed by atoms with Crippen molar-refractivity contribution in [2.24, 2.45) is 0 Å². The summed E-state index contributed by atoms with van der Waals surface area (Å²) in [7, 11) is -7.41. The third-order valence-electron chi connectivity index (χ3n) is 3.02. The van der Waals surface area contributed by atoms with E-state index < -0.39 is 35.2 Å². The second-order valence-electron chi connectivity index (χ2n) is 6.76. The van der Waals surface area contributed by atoms with Gasteiger partial charge in [-0.2, -0.15) is 0 Å². The molecule has 3 unspecified atom stereocenters. The Morgan fingerprint density at radius 2 is 1.53 bits per heavy atom. The topological polar surface area (TPSA) is 47.9 Å². The van der Waals surface area contributed by atoms with Crippen molar-refractivity contribution < 1.29 is 17.5 Å². The monoisotopic (exact) mass is 340 g/mol. The standard InChI is InChI=1S/C11H32O4Si4/c1-10-11(2,13-18(5,6)7)16(3)14-19(8,9)15-17(4)12/h12,16-17H,10H2,1-9H3. The fraction of sp³-hybridized carbons (Fsp3) is 1.00. The molecule has 116 valence electrons. The largest absolute Gasteiger partial charge is 0.437 e. The van der Waals surface area contributed by atoms with Gasteiger partial charge < -0.3 is 17.5 Å². The summed E-state index contributed by atoms with van der Waals surface area (Å²) in [6.45, 7) is 18.9. The van der Waals surface area contributed by atoms with E-state index in [1.807, 2.05) is 13.1 Å². The van der Waals surface area contributed by atoms with Crippen LogP contribution in [-0.2, 0) is 12.7 Å². The molecular formula is C11H32O4Si4. The van der Waals surface area contributed by atoms with Crippen LogP contribution in [0.15, 0.2) is 0 Å². The van der Waals surface area contributed by atoms with Gasteiger partial charge in [0.25, 0.3) is 0 Å². The zero-order valence-electron chi connectivity index (χ0n) is 14.0. The van der Waals surface area contributed by atoms with Gasteiger partial charge in [0.05, 0.1) is 5.22 Å². The second kappa shape index (κ2) is 7.12. The molecule has 0 rings (SSSR count). The highest BCUT2D eigenvalue weighted by molar-refractivity contribution is 6.78. The van der Waals surface area contributed by atoms with Gasteiger partial charge in [-0.15, -0.1) is 0 Å². The predicted octanol–water partition coefficient (Wildman–Crippen LogP) is 2.48. The molecule has 0 spiro atoms. The fourth-order valence-corrected chi connectivity index (χ4v) is 14.4. The highest BCUT2D eigenvalue weighted by atomic mass is 28.5. The van der Waals surface area contributed by atoms with E-state index in [-0.39, 0.29) is 5.22 Å². The second-order valence-corrected chi connectivity index (χ2v) is 19.6. The molecule has 0 radical (unpaired) electrons. The van der Waals surface area contributed by atoms with E-state index in [0.29, 0.717) is 0 Å². The summed E-state index contributed by atoms with van der Waals surface area (Å²) in [6.07, 6.45) is 0.960. The lowest BCUT2D eigenvalue weighted by molar-refractivity contribution is 0.139. The molecule has 0 aromatic rings. The lowest BCUT2D eigenvalue weighted by Gasteiger charge is -2.42. The van der Waals surface area contributed by atoms with Crippen molar-refractivity contribution in [3.8, 4) is 0 Å². The summed E-state index contributed by atoms with van der Waals surface area (Å²) in [5.74, 6) is 0. The lowest BCUT2D eigenvalue weighted by atomic mass is 10.3. The minimum absolute atomic E-state index is 0.154. The first-order chi connectivity index (χ1) is 8.31. The van der Waals surface area contributed by atoms with Crippen LogP contribution in [-0.4, -0.2) is 45.2 Å². The Hall–Kier alpha value is 0.708. The Balaban J connectivity index is 4.80. The maximum Gasteiger partial charge on any atom is 0.312 e. The van der Waals surface area contributed by atoms with Crippen LogP contribution in [0.3, 0.4) is 0 Å². The van der Waals surface area contributed by atoms with Gasteiger partial charge in [-0.1, -0.05) is 6.92 Å². The predicted molar refractivity (Wildman–Crippen MR) is 91.0 cm³/mol. The van der Waals surface area contributed by atoms with Crippen molar-refractivity contribution in [3.05, 3.63) is 0 Å². The van der Waals surface area contributed by atoms with Gasteiger partial charge in [-0.05, 0) is 59.2 Å². The van der Waals surface area contributed by atoms with E-state index in [2.05, 4.69) is 40.0 Å². The van der Waals surface area contributed by atoms with E-state index in [4.69, 9.17) is 12.7 Å². The van der Waals surface area contributed by atoms with Crippen LogP contribution in [0, 0.1) is 0 Å². The third kappa shape index (κ3) is 7.90. The minimum Gasteiger partial charge on any atom is -0.437 e. The number of rotatable bonds is 8. The molecule has 0 fully saturated rings. The summed E-state index contributed by atoms with van der Waals surface area (Å²) < 4.78 is 18.3. The zero-order chi connectivity index (χ0) is 15.5. The highest BCUT2D eigenvalue weighted by Gasteiger charge is 2.41. The van der Waals surface area contributed by atoms with Crippen LogP contribution in [0.25, 0.3) is 0 Å². The van der Waals surface area contributed by atoms with Gasteiger partial charge in [0, 0.05) is 0 Å². The molecule has 0 saturated heterocycles. The van der Waals surface area contributed by atoms with Crippen molar-refractivity contribution in [1.29, 1.82) is 0 Å². The molecule has 4 nitrogen and oxygen atoms in total. The summed E-state index contributed by atoms with van der Waals surface area (Å²) in [6, 6.07) is 0. The molecule has 0 amide bonds. The average molecular weight is 341 g/mol. The van der Waals surface area contributed by atoms with E-state index in [1.165, 1.54) is 0 Å². The molecule has 3 atom stereocenters. The Labute approximate surface area is 124 Å².